The normalized spacial score (nSPS) is 55.7. The van der Waals surface area contributed by atoms with Crippen LogP contribution in [0.1, 0.15) is 13.3 Å². The molecular formula is C15H23ClO9. The second-order valence-electron chi connectivity index (χ2n) is 7.01. The third-order valence-corrected chi connectivity index (χ3v) is 5.86. The van der Waals surface area contributed by atoms with Gasteiger partial charge in [-0.05, 0) is 19.4 Å². The Labute approximate surface area is 149 Å². The van der Waals surface area contributed by atoms with Gasteiger partial charge in [-0.3, -0.25) is 0 Å². The van der Waals surface area contributed by atoms with Gasteiger partial charge in [0.1, 0.15) is 24.4 Å². The monoisotopic (exact) mass is 382 g/mol. The fraction of sp³-hybridized carbons (Fsp3) is 0.867. The average Bonchev–Trinajstić information content (AvgIpc) is 2.73. The number of halogens is 1. The lowest BCUT2D eigenvalue weighted by Crippen LogP contribution is -2.61. The van der Waals surface area contributed by atoms with Crippen LogP contribution in [0, 0.1) is 5.92 Å². The quantitative estimate of drug-likeness (QED) is 0.298. The van der Waals surface area contributed by atoms with E-state index in [1.165, 1.54) is 19.3 Å². The Balaban J connectivity index is 1.81. The Morgan fingerprint density at radius 2 is 1.84 bits per heavy atom. The summed E-state index contributed by atoms with van der Waals surface area (Å²) in [6.07, 6.45) is -5.95. The standard InChI is InChI=1S/C15H23ClO9/c1-14(21)7(16)4-15(22)2-3-23-13(11(14)15)25-12-10(20)9(19)8(18)6(5-17)24-12/h2-3,6-13,17-22H,4-5H2,1H3. The van der Waals surface area contributed by atoms with E-state index >= 15 is 0 Å². The fourth-order valence-electron chi connectivity index (χ4n) is 3.74. The van der Waals surface area contributed by atoms with Crippen LogP contribution in [-0.4, -0.2) is 90.8 Å². The second kappa shape index (κ2) is 6.59. The molecule has 25 heavy (non-hydrogen) atoms. The van der Waals surface area contributed by atoms with E-state index in [0.717, 1.165) is 0 Å². The summed E-state index contributed by atoms with van der Waals surface area (Å²) < 4.78 is 16.2. The van der Waals surface area contributed by atoms with Gasteiger partial charge >= 0.3 is 0 Å². The molecule has 2 aliphatic heterocycles. The van der Waals surface area contributed by atoms with Crippen molar-refractivity contribution in [1.29, 1.82) is 0 Å². The summed E-state index contributed by atoms with van der Waals surface area (Å²) in [5.41, 5.74) is -3.02. The van der Waals surface area contributed by atoms with Gasteiger partial charge in [0.2, 0.25) is 6.29 Å². The predicted octanol–water partition coefficient (Wildman–Crippen LogP) is -2.22. The van der Waals surface area contributed by atoms with Crippen molar-refractivity contribution in [2.24, 2.45) is 5.92 Å². The zero-order valence-electron chi connectivity index (χ0n) is 13.5. The molecule has 0 radical (unpaired) electrons. The number of fused-ring (bicyclic) bond motifs is 1. The molecule has 0 amide bonds. The van der Waals surface area contributed by atoms with Gasteiger partial charge in [0.05, 0.1) is 35.4 Å². The third-order valence-electron chi connectivity index (χ3n) is 5.27. The van der Waals surface area contributed by atoms with Crippen molar-refractivity contribution in [2.75, 3.05) is 6.61 Å². The molecule has 1 saturated carbocycles. The molecule has 3 aliphatic rings. The van der Waals surface area contributed by atoms with Crippen LogP contribution in [0.15, 0.2) is 12.3 Å². The van der Waals surface area contributed by atoms with Crippen molar-refractivity contribution >= 4 is 11.6 Å². The molecule has 0 bridgehead atoms. The van der Waals surface area contributed by atoms with Gasteiger partial charge in [0.25, 0.3) is 0 Å². The third kappa shape index (κ3) is 3.07. The van der Waals surface area contributed by atoms with E-state index in [4.69, 9.17) is 25.8 Å². The number of ether oxygens (including phenoxy) is 3. The van der Waals surface area contributed by atoms with Gasteiger partial charge in [-0.15, -0.1) is 11.6 Å². The molecule has 3 rings (SSSR count). The van der Waals surface area contributed by atoms with E-state index in [1.54, 1.807) is 0 Å². The van der Waals surface area contributed by atoms with E-state index in [1.807, 2.05) is 0 Å². The van der Waals surface area contributed by atoms with E-state index in [0.29, 0.717) is 0 Å². The van der Waals surface area contributed by atoms with E-state index in [-0.39, 0.29) is 6.42 Å². The molecule has 10 unspecified atom stereocenters. The van der Waals surface area contributed by atoms with Gasteiger partial charge in [0, 0.05) is 0 Å². The molecule has 9 nitrogen and oxygen atoms in total. The number of alkyl halides is 1. The minimum atomic E-state index is -1.63. The van der Waals surface area contributed by atoms with Crippen LogP contribution in [-0.2, 0) is 14.2 Å². The van der Waals surface area contributed by atoms with Crippen LogP contribution < -0.4 is 0 Å². The predicted molar refractivity (Wildman–Crippen MR) is 82.2 cm³/mol. The molecule has 1 saturated heterocycles. The van der Waals surface area contributed by atoms with Gasteiger partial charge in [-0.2, -0.15) is 0 Å². The van der Waals surface area contributed by atoms with Gasteiger partial charge in [-0.25, -0.2) is 0 Å². The molecule has 2 fully saturated rings. The Hall–Kier alpha value is -0.490. The first-order chi connectivity index (χ1) is 11.6. The van der Waals surface area contributed by atoms with E-state index in [9.17, 15) is 30.6 Å². The maximum atomic E-state index is 10.8. The zero-order chi connectivity index (χ0) is 18.6. The molecule has 0 spiro atoms. The highest BCUT2D eigenvalue weighted by Gasteiger charge is 2.63. The van der Waals surface area contributed by atoms with Crippen LogP contribution in [0.5, 0.6) is 0 Å². The highest BCUT2D eigenvalue weighted by Crippen LogP contribution is 2.51. The van der Waals surface area contributed by atoms with Crippen molar-refractivity contribution in [3.63, 3.8) is 0 Å². The highest BCUT2D eigenvalue weighted by atomic mass is 35.5. The number of aliphatic hydroxyl groups is 6. The van der Waals surface area contributed by atoms with Crippen LogP contribution in [0.25, 0.3) is 0 Å². The SMILES string of the molecule is CC1(O)C(Cl)CC2(O)C=COC(OC3OC(CO)C(O)C(O)C3O)C21. The first-order valence-corrected chi connectivity index (χ1v) is 8.43. The molecule has 0 aromatic carbocycles. The van der Waals surface area contributed by atoms with Crippen LogP contribution in [0.4, 0.5) is 0 Å². The lowest BCUT2D eigenvalue weighted by molar-refractivity contribution is -0.350. The van der Waals surface area contributed by atoms with Crippen LogP contribution in [0.2, 0.25) is 0 Å². The Morgan fingerprint density at radius 1 is 1.16 bits per heavy atom. The summed E-state index contributed by atoms with van der Waals surface area (Å²) >= 11 is 6.15. The number of hydrogen-bond donors (Lipinski definition) is 6. The molecule has 0 aromatic heterocycles. The molecular weight excluding hydrogens is 360 g/mol. The fourth-order valence-corrected chi connectivity index (χ4v) is 4.12. The largest absolute Gasteiger partial charge is 0.472 e. The average molecular weight is 383 g/mol. The summed E-state index contributed by atoms with van der Waals surface area (Å²) in [6.45, 7) is 0.838. The van der Waals surface area contributed by atoms with Crippen molar-refractivity contribution in [1.82, 2.24) is 0 Å². The number of hydrogen-bond acceptors (Lipinski definition) is 9. The molecule has 10 atom stereocenters. The number of rotatable bonds is 3. The Kier molecular flexibility index (Phi) is 5.08. The summed E-state index contributed by atoms with van der Waals surface area (Å²) in [5, 5.41) is 59.6. The smallest absolute Gasteiger partial charge is 0.210 e. The lowest BCUT2D eigenvalue weighted by Gasteiger charge is -2.45. The minimum absolute atomic E-state index is 0.0701. The molecule has 2 heterocycles. The second-order valence-corrected chi connectivity index (χ2v) is 7.53. The minimum Gasteiger partial charge on any atom is -0.472 e. The molecule has 144 valence electrons. The number of aliphatic hydroxyl groups excluding tert-OH is 4. The molecule has 1 aliphatic carbocycles. The van der Waals surface area contributed by atoms with Crippen molar-refractivity contribution in [3.05, 3.63) is 12.3 Å². The molecule has 6 N–H and O–H groups in total. The van der Waals surface area contributed by atoms with Crippen molar-refractivity contribution in [2.45, 2.75) is 66.9 Å². The first kappa shape index (κ1) is 19.3. The maximum Gasteiger partial charge on any atom is 0.210 e. The van der Waals surface area contributed by atoms with Gasteiger partial charge in [0.15, 0.2) is 6.29 Å². The van der Waals surface area contributed by atoms with Crippen LogP contribution in [0.3, 0.4) is 0 Å². The van der Waals surface area contributed by atoms with Crippen molar-refractivity contribution < 1.29 is 44.8 Å². The first-order valence-electron chi connectivity index (χ1n) is 8.00. The summed E-state index contributed by atoms with van der Waals surface area (Å²) in [6, 6.07) is 0. The molecule has 0 aromatic rings. The maximum absolute atomic E-state index is 10.8. The zero-order valence-corrected chi connectivity index (χ0v) is 14.2. The highest BCUT2D eigenvalue weighted by molar-refractivity contribution is 6.21. The van der Waals surface area contributed by atoms with Gasteiger partial charge in [-0.1, -0.05) is 0 Å². The van der Waals surface area contributed by atoms with Crippen LogP contribution >= 0.6 is 11.6 Å². The van der Waals surface area contributed by atoms with Gasteiger partial charge < -0.3 is 44.8 Å². The lowest BCUT2D eigenvalue weighted by atomic mass is 9.82. The molecule has 10 heteroatoms. The summed E-state index contributed by atoms with van der Waals surface area (Å²) in [4.78, 5) is 0. The Bertz CT molecular complexity index is 527. The van der Waals surface area contributed by atoms with E-state index in [2.05, 4.69) is 0 Å². The Morgan fingerprint density at radius 3 is 2.48 bits per heavy atom. The summed E-state index contributed by atoms with van der Waals surface area (Å²) in [5.74, 6) is -0.986. The topological polar surface area (TPSA) is 149 Å². The summed E-state index contributed by atoms with van der Waals surface area (Å²) in [7, 11) is 0. The van der Waals surface area contributed by atoms with Crippen molar-refractivity contribution in [3.8, 4) is 0 Å². The van der Waals surface area contributed by atoms with E-state index < -0.39 is 66.1 Å².